The second-order valence-electron chi connectivity index (χ2n) is 8.04. The maximum Gasteiger partial charge on any atom is 0.305 e. The third-order valence-electron chi connectivity index (χ3n) is 5.09. The van der Waals surface area contributed by atoms with Crippen LogP contribution in [0.2, 0.25) is 0 Å². The molecule has 0 bridgehead atoms. The van der Waals surface area contributed by atoms with Gasteiger partial charge in [-0.2, -0.15) is 5.10 Å². The van der Waals surface area contributed by atoms with Crippen molar-refractivity contribution in [3.63, 3.8) is 0 Å². The molecule has 0 radical (unpaired) electrons. The average molecular weight is 484 g/mol. The third-order valence-corrected chi connectivity index (χ3v) is 7.03. The molecule has 0 spiro atoms. The lowest BCUT2D eigenvalue weighted by Gasteiger charge is -2.13. The molecule has 1 heterocycles. The first kappa shape index (κ1) is 25.4. The number of aliphatic hydroxyl groups excluding tert-OH is 1. The van der Waals surface area contributed by atoms with Crippen LogP contribution in [0.15, 0.2) is 54.6 Å². The predicted octanol–water partition coefficient (Wildman–Crippen LogP) is 4.87. The zero-order valence-corrected chi connectivity index (χ0v) is 20.0. The fourth-order valence-electron chi connectivity index (χ4n) is 3.44. The van der Waals surface area contributed by atoms with Crippen LogP contribution < -0.4 is 0 Å². The second-order valence-corrected chi connectivity index (χ2v) is 10.3. The Morgan fingerprint density at radius 2 is 1.82 bits per heavy atom. The van der Waals surface area contributed by atoms with Crippen LogP contribution in [-0.2, 0) is 13.9 Å². The number of hydrogen-bond donors (Lipinski definition) is 2. The van der Waals surface area contributed by atoms with Gasteiger partial charge < -0.3 is 14.7 Å². The Bertz CT molecular complexity index is 1260. The standard InChI is InChI=1S/C25H26FN2O5P/c1-17(2)24-22(13-14-34(32,33-3)16-21(29)15-23(30)31)25(18-9-11-19(26)12-10-18)28(27-24)20-7-5-4-6-8-20/h4-12,17,21,29H,15-16H2,1-3H3,(H,30,31)/t21-,34?/m0/s1. The molecule has 2 N–H and O–H groups in total. The molecule has 9 heteroatoms. The van der Waals surface area contributed by atoms with Gasteiger partial charge in [-0.3, -0.25) is 9.36 Å². The van der Waals surface area contributed by atoms with Gasteiger partial charge in [-0.05, 0) is 48.0 Å². The predicted molar refractivity (Wildman–Crippen MR) is 128 cm³/mol. The molecule has 178 valence electrons. The summed E-state index contributed by atoms with van der Waals surface area (Å²) in [7, 11) is -2.47. The zero-order valence-electron chi connectivity index (χ0n) is 19.1. The van der Waals surface area contributed by atoms with Crippen LogP contribution in [-0.4, -0.2) is 45.3 Å². The fourth-order valence-corrected chi connectivity index (χ4v) is 4.74. The Kier molecular flexibility index (Phi) is 8.06. The maximum absolute atomic E-state index is 13.7. The van der Waals surface area contributed by atoms with Gasteiger partial charge in [-0.25, -0.2) is 9.07 Å². The Morgan fingerprint density at radius 3 is 2.38 bits per heavy atom. The second kappa shape index (κ2) is 10.8. The van der Waals surface area contributed by atoms with Crippen molar-refractivity contribution in [2.75, 3.05) is 13.3 Å². The van der Waals surface area contributed by atoms with E-state index in [2.05, 4.69) is 11.6 Å². The first-order chi connectivity index (χ1) is 16.1. The number of hydrogen-bond acceptors (Lipinski definition) is 5. The van der Waals surface area contributed by atoms with Crippen LogP contribution in [0, 0.1) is 17.4 Å². The lowest BCUT2D eigenvalue weighted by atomic mass is 10.0. The SMILES string of the molecule is COP(=O)(C#Cc1c(C(C)C)nn(-c2ccccc2)c1-c1ccc(F)cc1)C[C@@H](O)CC(=O)O. The van der Waals surface area contributed by atoms with E-state index in [1.165, 1.54) is 19.2 Å². The molecule has 0 saturated heterocycles. The van der Waals surface area contributed by atoms with Gasteiger partial charge in [0.25, 0.3) is 7.37 Å². The van der Waals surface area contributed by atoms with E-state index < -0.39 is 32.0 Å². The molecular weight excluding hydrogens is 458 g/mol. The van der Waals surface area contributed by atoms with Gasteiger partial charge >= 0.3 is 5.97 Å². The Labute approximate surface area is 197 Å². The lowest BCUT2D eigenvalue weighted by molar-refractivity contribution is -0.138. The van der Waals surface area contributed by atoms with E-state index in [0.717, 1.165) is 5.69 Å². The van der Waals surface area contributed by atoms with Gasteiger partial charge in [0.2, 0.25) is 0 Å². The number of nitrogens with zero attached hydrogens (tertiary/aromatic N) is 2. The largest absolute Gasteiger partial charge is 0.481 e. The third kappa shape index (κ3) is 6.00. The van der Waals surface area contributed by atoms with Crippen molar-refractivity contribution in [3.8, 4) is 28.5 Å². The monoisotopic (exact) mass is 484 g/mol. The molecule has 3 rings (SSSR count). The molecule has 0 fully saturated rings. The number of aliphatic hydroxyl groups is 1. The van der Waals surface area contributed by atoms with Crippen molar-refractivity contribution < 1.29 is 28.5 Å². The Balaban J connectivity index is 2.20. The number of aromatic nitrogens is 2. The van der Waals surface area contributed by atoms with Gasteiger partial charge in [0, 0.05) is 12.7 Å². The highest BCUT2D eigenvalue weighted by Gasteiger charge is 2.27. The smallest absolute Gasteiger partial charge is 0.305 e. The van der Waals surface area contributed by atoms with Crippen molar-refractivity contribution >= 4 is 13.3 Å². The summed E-state index contributed by atoms with van der Waals surface area (Å²) in [5.41, 5.74) is 5.81. The minimum absolute atomic E-state index is 0.0482. The quantitative estimate of drug-likeness (QED) is 0.349. The van der Waals surface area contributed by atoms with Crippen LogP contribution in [0.3, 0.4) is 0 Å². The van der Waals surface area contributed by atoms with Gasteiger partial charge in [-0.1, -0.05) is 38.0 Å². The molecule has 2 atom stereocenters. The summed E-state index contributed by atoms with van der Waals surface area (Å²) >= 11 is 0. The van der Waals surface area contributed by atoms with E-state index in [9.17, 15) is 18.9 Å². The van der Waals surface area contributed by atoms with Crippen LogP contribution in [0.4, 0.5) is 4.39 Å². The molecule has 1 aromatic heterocycles. The highest BCUT2D eigenvalue weighted by atomic mass is 31.2. The molecule has 1 unspecified atom stereocenters. The summed E-state index contributed by atoms with van der Waals surface area (Å²) in [6.07, 6.45) is -2.36. The molecule has 0 amide bonds. The topological polar surface area (TPSA) is 102 Å². The van der Waals surface area contributed by atoms with Crippen molar-refractivity contribution in [2.24, 2.45) is 0 Å². The molecule has 0 aliphatic rings. The molecular formula is C25H26FN2O5P. The van der Waals surface area contributed by atoms with Gasteiger partial charge in [-0.15, -0.1) is 0 Å². The van der Waals surface area contributed by atoms with E-state index in [1.54, 1.807) is 16.8 Å². The number of carboxylic acid groups (broad SMARTS) is 1. The summed E-state index contributed by atoms with van der Waals surface area (Å²) in [5.74, 6) is 1.29. The maximum atomic E-state index is 13.7. The van der Waals surface area contributed by atoms with E-state index in [1.807, 2.05) is 44.2 Å². The molecule has 0 saturated carbocycles. The van der Waals surface area contributed by atoms with Gasteiger partial charge in [0.05, 0.1) is 41.3 Å². The van der Waals surface area contributed by atoms with Crippen molar-refractivity contribution in [2.45, 2.75) is 32.3 Å². The number of benzene rings is 2. The van der Waals surface area contributed by atoms with Crippen molar-refractivity contribution in [3.05, 3.63) is 71.7 Å². The number of para-hydroxylation sites is 1. The minimum atomic E-state index is -3.68. The summed E-state index contributed by atoms with van der Waals surface area (Å²) in [6.45, 7) is 3.90. The molecule has 0 aliphatic carbocycles. The Morgan fingerprint density at radius 1 is 1.18 bits per heavy atom. The summed E-state index contributed by atoms with van der Waals surface area (Å²) in [4.78, 5) is 10.9. The van der Waals surface area contributed by atoms with Crippen molar-refractivity contribution in [1.82, 2.24) is 9.78 Å². The number of halogens is 1. The molecule has 34 heavy (non-hydrogen) atoms. The minimum Gasteiger partial charge on any atom is -0.481 e. The number of carbonyl (C=O) groups is 1. The number of carboxylic acids is 1. The highest BCUT2D eigenvalue weighted by Crippen LogP contribution is 2.46. The molecule has 7 nitrogen and oxygen atoms in total. The normalized spacial score (nSPS) is 13.7. The first-order valence-corrected chi connectivity index (χ1v) is 12.5. The molecule has 2 aromatic carbocycles. The number of aliphatic carboxylic acids is 1. The van der Waals surface area contributed by atoms with Crippen LogP contribution in [0.5, 0.6) is 0 Å². The number of rotatable bonds is 8. The van der Waals surface area contributed by atoms with Crippen molar-refractivity contribution in [1.29, 1.82) is 0 Å². The van der Waals surface area contributed by atoms with E-state index in [0.29, 0.717) is 22.5 Å². The summed E-state index contributed by atoms with van der Waals surface area (Å²) in [5, 5.41) is 23.6. The van der Waals surface area contributed by atoms with Crippen LogP contribution in [0.25, 0.3) is 16.9 Å². The highest BCUT2D eigenvalue weighted by molar-refractivity contribution is 7.64. The van der Waals surface area contributed by atoms with E-state index in [4.69, 9.17) is 14.7 Å². The van der Waals surface area contributed by atoms with Crippen LogP contribution >= 0.6 is 7.37 Å². The molecule has 0 aliphatic heterocycles. The first-order valence-electron chi connectivity index (χ1n) is 10.7. The summed E-state index contributed by atoms with van der Waals surface area (Å²) in [6, 6.07) is 15.3. The summed E-state index contributed by atoms with van der Waals surface area (Å²) < 4.78 is 33.7. The van der Waals surface area contributed by atoms with Gasteiger partial charge in [0.15, 0.2) is 0 Å². The Hall–Kier alpha value is -3.24. The average Bonchev–Trinajstić information content (AvgIpc) is 3.18. The van der Waals surface area contributed by atoms with E-state index in [-0.39, 0.29) is 11.7 Å². The molecule has 3 aromatic rings. The lowest BCUT2D eigenvalue weighted by Crippen LogP contribution is -2.17. The van der Waals surface area contributed by atoms with Gasteiger partial charge in [0.1, 0.15) is 5.82 Å². The fraction of sp³-hybridized carbons (Fsp3) is 0.280. The van der Waals surface area contributed by atoms with Crippen LogP contribution in [0.1, 0.15) is 37.4 Å². The van der Waals surface area contributed by atoms with E-state index >= 15 is 0 Å². The zero-order chi connectivity index (χ0) is 24.9.